The van der Waals surface area contributed by atoms with Crippen LogP contribution in [0.25, 0.3) is 12.2 Å². The van der Waals surface area contributed by atoms with E-state index < -0.39 is 0 Å². The lowest BCUT2D eigenvalue weighted by molar-refractivity contribution is -0.113. The number of anilines is 1. The number of H-pyrrole nitrogens is 1. The number of para-hydroxylation sites is 1. The summed E-state index contributed by atoms with van der Waals surface area (Å²) >= 11 is 1.22. The Kier molecular flexibility index (Phi) is 6.94. The standard InChI is InChI=1S/C24H19FN4O2S/c25-18-12-9-17(10-13-18)11-14-22-27-24(29-28-22)32-16-23(30)26-19-5-4-8-21(15-19)31-20-6-2-1-3-7-20/h1-15H,16H2,(H,26,30)(H,27,28,29)/b14-11+. The molecule has 0 bridgehead atoms. The molecule has 0 saturated carbocycles. The normalized spacial score (nSPS) is 10.9. The minimum atomic E-state index is -0.283. The van der Waals surface area contributed by atoms with Crippen molar-refractivity contribution in [3.05, 3.63) is 96.1 Å². The highest BCUT2D eigenvalue weighted by Gasteiger charge is 2.08. The SMILES string of the molecule is O=C(CSc1n[nH]c(/C=C/c2ccc(F)cc2)n1)Nc1cccc(Oc2ccccc2)c1. The summed E-state index contributed by atoms with van der Waals surface area (Å²) in [4.78, 5) is 16.6. The van der Waals surface area contributed by atoms with Gasteiger partial charge < -0.3 is 10.1 Å². The number of halogens is 1. The molecule has 8 heteroatoms. The Balaban J connectivity index is 1.28. The number of amides is 1. The molecular formula is C24H19FN4O2S. The molecule has 4 aromatic rings. The van der Waals surface area contributed by atoms with E-state index in [0.717, 1.165) is 11.3 Å². The number of aromatic amines is 1. The van der Waals surface area contributed by atoms with Crippen molar-refractivity contribution in [3.63, 3.8) is 0 Å². The zero-order valence-electron chi connectivity index (χ0n) is 16.9. The summed E-state index contributed by atoms with van der Waals surface area (Å²) < 4.78 is 18.7. The molecule has 0 aliphatic carbocycles. The summed E-state index contributed by atoms with van der Waals surface area (Å²) in [6.45, 7) is 0. The molecule has 0 fully saturated rings. The number of benzene rings is 3. The summed E-state index contributed by atoms with van der Waals surface area (Å²) in [7, 11) is 0. The number of thioether (sulfide) groups is 1. The van der Waals surface area contributed by atoms with Crippen LogP contribution in [0.15, 0.2) is 84.0 Å². The molecule has 160 valence electrons. The van der Waals surface area contributed by atoms with Gasteiger partial charge in [0.1, 0.15) is 23.1 Å². The maximum Gasteiger partial charge on any atom is 0.234 e. The van der Waals surface area contributed by atoms with Crippen LogP contribution in [0, 0.1) is 5.82 Å². The Morgan fingerprint density at radius 1 is 1.00 bits per heavy atom. The highest BCUT2D eigenvalue weighted by molar-refractivity contribution is 7.99. The Bertz CT molecular complexity index is 1210. The van der Waals surface area contributed by atoms with Gasteiger partial charge >= 0.3 is 0 Å². The van der Waals surface area contributed by atoms with Crippen molar-refractivity contribution in [2.45, 2.75) is 5.16 Å². The number of rotatable bonds is 8. The van der Waals surface area contributed by atoms with Crippen LogP contribution in [-0.4, -0.2) is 26.8 Å². The molecule has 4 rings (SSSR count). The van der Waals surface area contributed by atoms with E-state index >= 15 is 0 Å². The Morgan fingerprint density at radius 2 is 1.78 bits per heavy atom. The quantitative estimate of drug-likeness (QED) is 0.343. The average molecular weight is 447 g/mol. The van der Waals surface area contributed by atoms with Crippen molar-refractivity contribution >= 4 is 35.5 Å². The smallest absolute Gasteiger partial charge is 0.234 e. The third-order valence-corrected chi connectivity index (χ3v) is 5.06. The van der Waals surface area contributed by atoms with Crippen LogP contribution in [0.2, 0.25) is 0 Å². The second kappa shape index (κ2) is 10.4. The minimum absolute atomic E-state index is 0.155. The van der Waals surface area contributed by atoms with Crippen LogP contribution in [0.3, 0.4) is 0 Å². The maximum absolute atomic E-state index is 13.0. The number of ether oxygens (including phenoxy) is 1. The molecule has 0 saturated heterocycles. The van der Waals surface area contributed by atoms with Crippen LogP contribution >= 0.6 is 11.8 Å². The molecule has 0 radical (unpaired) electrons. The van der Waals surface area contributed by atoms with Gasteiger partial charge in [0.15, 0.2) is 0 Å². The predicted octanol–water partition coefficient (Wildman–Crippen LogP) is 5.64. The fourth-order valence-corrected chi connectivity index (χ4v) is 3.34. The molecule has 0 unspecified atom stereocenters. The largest absolute Gasteiger partial charge is 0.457 e. The van der Waals surface area contributed by atoms with Crippen molar-refractivity contribution in [1.29, 1.82) is 0 Å². The summed E-state index contributed by atoms with van der Waals surface area (Å²) in [6, 6.07) is 22.8. The van der Waals surface area contributed by atoms with E-state index in [-0.39, 0.29) is 17.5 Å². The van der Waals surface area contributed by atoms with Crippen molar-refractivity contribution < 1.29 is 13.9 Å². The highest BCUT2D eigenvalue weighted by Crippen LogP contribution is 2.24. The third kappa shape index (κ3) is 6.29. The molecular weight excluding hydrogens is 427 g/mol. The topological polar surface area (TPSA) is 79.9 Å². The number of nitrogens with one attached hydrogen (secondary N) is 2. The molecule has 6 nitrogen and oxygen atoms in total. The molecule has 1 amide bonds. The molecule has 2 N–H and O–H groups in total. The first kappa shape index (κ1) is 21.3. The van der Waals surface area contributed by atoms with Gasteiger partial charge in [-0.15, -0.1) is 5.10 Å². The fourth-order valence-electron chi connectivity index (χ4n) is 2.74. The van der Waals surface area contributed by atoms with Gasteiger partial charge in [-0.05, 0) is 48.0 Å². The average Bonchev–Trinajstić information content (AvgIpc) is 3.26. The van der Waals surface area contributed by atoms with E-state index in [1.54, 1.807) is 36.4 Å². The molecule has 0 atom stereocenters. The molecule has 1 aromatic heterocycles. The lowest BCUT2D eigenvalue weighted by atomic mass is 10.2. The summed E-state index contributed by atoms with van der Waals surface area (Å²) in [6.07, 6.45) is 3.54. The van der Waals surface area contributed by atoms with E-state index in [9.17, 15) is 9.18 Å². The predicted molar refractivity (Wildman–Crippen MR) is 124 cm³/mol. The monoisotopic (exact) mass is 446 g/mol. The maximum atomic E-state index is 13.0. The minimum Gasteiger partial charge on any atom is -0.457 e. The number of nitrogens with zero attached hydrogens (tertiary/aromatic N) is 2. The highest BCUT2D eigenvalue weighted by atomic mass is 32.2. The van der Waals surface area contributed by atoms with Crippen molar-refractivity contribution in [1.82, 2.24) is 15.2 Å². The van der Waals surface area contributed by atoms with Gasteiger partial charge in [0.2, 0.25) is 11.1 Å². The van der Waals surface area contributed by atoms with Gasteiger partial charge in [0.25, 0.3) is 0 Å². The lowest BCUT2D eigenvalue weighted by Crippen LogP contribution is -2.14. The van der Waals surface area contributed by atoms with Gasteiger partial charge in [0, 0.05) is 11.8 Å². The third-order valence-electron chi connectivity index (χ3n) is 4.21. The van der Waals surface area contributed by atoms with E-state index in [1.165, 1.54) is 23.9 Å². The van der Waals surface area contributed by atoms with Gasteiger partial charge in [-0.3, -0.25) is 9.89 Å². The van der Waals surface area contributed by atoms with Crippen LogP contribution in [-0.2, 0) is 4.79 Å². The first-order chi connectivity index (χ1) is 15.6. The van der Waals surface area contributed by atoms with E-state index in [1.807, 2.05) is 42.5 Å². The van der Waals surface area contributed by atoms with Crippen LogP contribution < -0.4 is 10.1 Å². The fraction of sp³-hybridized carbons (Fsp3) is 0.0417. The summed E-state index contributed by atoms with van der Waals surface area (Å²) in [5.41, 5.74) is 1.48. The number of aromatic nitrogens is 3. The van der Waals surface area contributed by atoms with Gasteiger partial charge in [-0.25, -0.2) is 9.37 Å². The van der Waals surface area contributed by atoms with E-state index in [2.05, 4.69) is 20.5 Å². The van der Waals surface area contributed by atoms with Gasteiger partial charge in [0.05, 0.1) is 5.75 Å². The summed E-state index contributed by atoms with van der Waals surface area (Å²) in [5.74, 6) is 1.59. The van der Waals surface area contributed by atoms with Crippen molar-refractivity contribution in [3.8, 4) is 11.5 Å². The van der Waals surface area contributed by atoms with Crippen molar-refractivity contribution in [2.75, 3.05) is 11.1 Å². The van der Waals surface area contributed by atoms with Crippen LogP contribution in [0.1, 0.15) is 11.4 Å². The van der Waals surface area contributed by atoms with Gasteiger partial charge in [-0.2, -0.15) is 0 Å². The number of hydrogen-bond acceptors (Lipinski definition) is 5. The molecule has 3 aromatic carbocycles. The lowest BCUT2D eigenvalue weighted by Gasteiger charge is -2.08. The van der Waals surface area contributed by atoms with Gasteiger partial charge in [-0.1, -0.05) is 54.2 Å². The Morgan fingerprint density at radius 3 is 2.59 bits per heavy atom. The molecule has 0 spiro atoms. The van der Waals surface area contributed by atoms with Crippen LogP contribution in [0.5, 0.6) is 11.5 Å². The van der Waals surface area contributed by atoms with E-state index in [0.29, 0.717) is 22.4 Å². The van der Waals surface area contributed by atoms with E-state index in [4.69, 9.17) is 4.74 Å². The first-order valence-corrected chi connectivity index (χ1v) is 10.7. The number of carbonyl (C=O) groups is 1. The Labute approximate surface area is 188 Å². The molecule has 0 aliphatic heterocycles. The molecule has 0 aliphatic rings. The number of hydrogen-bond donors (Lipinski definition) is 2. The second-order valence-corrected chi connectivity index (χ2v) is 7.61. The first-order valence-electron chi connectivity index (χ1n) is 9.76. The zero-order chi connectivity index (χ0) is 22.2. The summed E-state index contributed by atoms with van der Waals surface area (Å²) in [5, 5.41) is 10.2. The van der Waals surface area contributed by atoms with Crippen LogP contribution in [0.4, 0.5) is 10.1 Å². The zero-order valence-corrected chi connectivity index (χ0v) is 17.7. The second-order valence-electron chi connectivity index (χ2n) is 6.67. The molecule has 32 heavy (non-hydrogen) atoms. The van der Waals surface area contributed by atoms with Crippen molar-refractivity contribution in [2.24, 2.45) is 0 Å². The number of carbonyl (C=O) groups excluding carboxylic acids is 1. The molecule has 1 heterocycles. The Hall–Kier alpha value is -3.91.